The fourth-order valence-corrected chi connectivity index (χ4v) is 0.885. The van der Waals surface area contributed by atoms with E-state index in [1.807, 2.05) is 0 Å². The zero-order valence-corrected chi connectivity index (χ0v) is 8.91. The van der Waals surface area contributed by atoms with Gasteiger partial charge in [-0.25, -0.2) is 4.79 Å². The third kappa shape index (κ3) is 5.40. The van der Waals surface area contributed by atoms with Gasteiger partial charge in [0.25, 0.3) is 0 Å². The number of hydrogen-bond donors (Lipinski definition) is 2. The van der Waals surface area contributed by atoms with Gasteiger partial charge in [0.15, 0.2) is 0 Å². The summed E-state index contributed by atoms with van der Waals surface area (Å²) in [6.07, 6.45) is 1.27. The highest BCUT2D eigenvalue weighted by molar-refractivity contribution is 5.73. The van der Waals surface area contributed by atoms with Crippen molar-refractivity contribution in [3.05, 3.63) is 0 Å². The zero-order valence-electron chi connectivity index (χ0n) is 8.91. The van der Waals surface area contributed by atoms with Crippen LogP contribution in [-0.4, -0.2) is 42.6 Å². The highest BCUT2D eigenvalue weighted by Crippen LogP contribution is 2.04. The minimum atomic E-state index is -0.788. The number of nitrogens with one attached hydrogen (secondary N) is 1. The molecule has 0 aromatic heterocycles. The second kappa shape index (κ2) is 6.23. The Labute approximate surface area is 84.1 Å². The van der Waals surface area contributed by atoms with Gasteiger partial charge in [0.2, 0.25) is 0 Å². The molecule has 0 aromatic carbocycles. The molecule has 0 saturated heterocycles. The van der Waals surface area contributed by atoms with Crippen molar-refractivity contribution in [1.29, 1.82) is 0 Å². The first-order valence-electron chi connectivity index (χ1n) is 4.63. The molecule has 0 aromatic rings. The summed E-state index contributed by atoms with van der Waals surface area (Å²) < 4.78 is 0. The molecule has 0 fully saturated rings. The van der Waals surface area contributed by atoms with Crippen LogP contribution in [0, 0.1) is 5.92 Å². The van der Waals surface area contributed by atoms with Gasteiger partial charge in [0.05, 0.1) is 5.92 Å². The van der Waals surface area contributed by atoms with Crippen LogP contribution in [0.4, 0.5) is 4.79 Å². The Bertz CT molecular complexity index is 204. The van der Waals surface area contributed by atoms with Crippen molar-refractivity contribution in [3.63, 3.8) is 0 Å². The van der Waals surface area contributed by atoms with Crippen LogP contribution >= 0.6 is 0 Å². The van der Waals surface area contributed by atoms with Gasteiger partial charge in [-0.15, -0.1) is 0 Å². The molecule has 0 spiro atoms. The predicted octanol–water partition coefficient (Wildman–Crippen LogP) is 0.758. The first-order valence-corrected chi connectivity index (χ1v) is 4.63. The van der Waals surface area contributed by atoms with Gasteiger partial charge in [-0.2, -0.15) is 0 Å². The van der Waals surface area contributed by atoms with E-state index in [2.05, 4.69) is 5.32 Å². The van der Waals surface area contributed by atoms with Gasteiger partial charge in [-0.3, -0.25) is 4.79 Å². The summed E-state index contributed by atoms with van der Waals surface area (Å²) in [7, 11) is 3.32. The summed E-state index contributed by atoms with van der Waals surface area (Å²) in [6, 6.07) is -0.145. The molecule has 14 heavy (non-hydrogen) atoms. The van der Waals surface area contributed by atoms with E-state index in [1.165, 1.54) is 4.90 Å². The Hall–Kier alpha value is -1.26. The van der Waals surface area contributed by atoms with Crippen LogP contribution in [-0.2, 0) is 4.79 Å². The molecule has 1 unspecified atom stereocenters. The van der Waals surface area contributed by atoms with Gasteiger partial charge in [-0.05, 0) is 12.8 Å². The number of amides is 2. The lowest BCUT2D eigenvalue weighted by Gasteiger charge is -2.12. The van der Waals surface area contributed by atoms with E-state index in [9.17, 15) is 9.59 Å². The molecule has 0 saturated carbocycles. The Morgan fingerprint density at radius 2 is 2.00 bits per heavy atom. The highest BCUT2D eigenvalue weighted by Gasteiger charge is 2.10. The number of aliphatic carboxylic acids is 1. The smallest absolute Gasteiger partial charge is 0.316 e. The fourth-order valence-electron chi connectivity index (χ4n) is 0.885. The van der Waals surface area contributed by atoms with Crippen molar-refractivity contribution in [1.82, 2.24) is 10.2 Å². The standard InChI is InChI=1S/C9H18N2O3/c1-7(8(12)13)5-4-6-10-9(14)11(2)3/h7H,4-6H2,1-3H3,(H,10,14)(H,12,13). The minimum Gasteiger partial charge on any atom is -0.481 e. The molecule has 82 valence electrons. The number of rotatable bonds is 5. The molecule has 0 rings (SSSR count). The molecule has 5 nitrogen and oxygen atoms in total. The van der Waals surface area contributed by atoms with Crippen LogP contribution in [0.1, 0.15) is 19.8 Å². The van der Waals surface area contributed by atoms with E-state index < -0.39 is 5.97 Å². The average molecular weight is 202 g/mol. The average Bonchev–Trinajstić information content (AvgIpc) is 2.11. The maximum atomic E-state index is 11.0. The number of urea groups is 1. The molecule has 0 aliphatic heterocycles. The molecule has 0 bridgehead atoms. The SMILES string of the molecule is CC(CCCNC(=O)N(C)C)C(=O)O. The molecular weight excluding hydrogens is 184 g/mol. The Kier molecular flexibility index (Phi) is 5.67. The third-order valence-electron chi connectivity index (χ3n) is 1.92. The summed E-state index contributed by atoms with van der Waals surface area (Å²) >= 11 is 0. The van der Waals surface area contributed by atoms with Gasteiger partial charge in [0, 0.05) is 20.6 Å². The Morgan fingerprint density at radius 3 is 2.43 bits per heavy atom. The van der Waals surface area contributed by atoms with Crippen LogP contribution in [0.5, 0.6) is 0 Å². The van der Waals surface area contributed by atoms with Crippen molar-refractivity contribution in [2.45, 2.75) is 19.8 Å². The largest absolute Gasteiger partial charge is 0.481 e. The van der Waals surface area contributed by atoms with Crippen LogP contribution in [0.15, 0.2) is 0 Å². The summed E-state index contributed by atoms with van der Waals surface area (Å²) in [6.45, 7) is 2.19. The van der Waals surface area contributed by atoms with Crippen molar-refractivity contribution < 1.29 is 14.7 Å². The normalized spacial score (nSPS) is 11.9. The topological polar surface area (TPSA) is 69.6 Å². The van der Waals surface area contributed by atoms with Gasteiger partial charge in [0.1, 0.15) is 0 Å². The first-order chi connectivity index (χ1) is 6.45. The van der Waals surface area contributed by atoms with Crippen molar-refractivity contribution in [2.75, 3.05) is 20.6 Å². The van der Waals surface area contributed by atoms with Crippen molar-refractivity contribution in [2.24, 2.45) is 5.92 Å². The van der Waals surface area contributed by atoms with E-state index in [0.29, 0.717) is 19.4 Å². The van der Waals surface area contributed by atoms with Crippen LogP contribution in [0.2, 0.25) is 0 Å². The Morgan fingerprint density at radius 1 is 1.43 bits per heavy atom. The third-order valence-corrected chi connectivity index (χ3v) is 1.92. The predicted molar refractivity (Wildman–Crippen MR) is 53.1 cm³/mol. The molecule has 0 heterocycles. The summed E-state index contributed by atoms with van der Waals surface area (Å²) in [5.41, 5.74) is 0. The Balaban J connectivity index is 3.47. The van der Waals surface area contributed by atoms with Crippen LogP contribution in [0.3, 0.4) is 0 Å². The van der Waals surface area contributed by atoms with Gasteiger partial charge < -0.3 is 15.3 Å². The van der Waals surface area contributed by atoms with E-state index in [1.54, 1.807) is 21.0 Å². The quantitative estimate of drug-likeness (QED) is 0.646. The number of hydrogen-bond acceptors (Lipinski definition) is 2. The minimum absolute atomic E-state index is 0.145. The fraction of sp³-hybridized carbons (Fsp3) is 0.778. The van der Waals surface area contributed by atoms with E-state index in [4.69, 9.17) is 5.11 Å². The zero-order chi connectivity index (χ0) is 11.1. The summed E-state index contributed by atoms with van der Waals surface area (Å²) in [4.78, 5) is 22.9. The van der Waals surface area contributed by atoms with Crippen molar-refractivity contribution in [3.8, 4) is 0 Å². The molecule has 0 radical (unpaired) electrons. The number of carboxylic acid groups (broad SMARTS) is 1. The first kappa shape index (κ1) is 12.7. The molecule has 0 aliphatic carbocycles. The van der Waals surface area contributed by atoms with Crippen molar-refractivity contribution >= 4 is 12.0 Å². The maximum absolute atomic E-state index is 11.0. The van der Waals surface area contributed by atoms with Gasteiger partial charge in [-0.1, -0.05) is 6.92 Å². The molecule has 1 atom stereocenters. The van der Waals surface area contributed by atoms with Crippen LogP contribution < -0.4 is 5.32 Å². The number of nitrogens with zero attached hydrogens (tertiary/aromatic N) is 1. The van der Waals surface area contributed by atoms with E-state index >= 15 is 0 Å². The van der Waals surface area contributed by atoms with Gasteiger partial charge >= 0.3 is 12.0 Å². The summed E-state index contributed by atoms with van der Waals surface area (Å²) in [5, 5.41) is 11.3. The molecule has 0 aliphatic rings. The number of carbonyl (C=O) groups is 2. The van der Waals surface area contributed by atoms with Crippen LogP contribution in [0.25, 0.3) is 0 Å². The monoisotopic (exact) mass is 202 g/mol. The lowest BCUT2D eigenvalue weighted by atomic mass is 10.1. The molecule has 2 amide bonds. The molecular formula is C9H18N2O3. The van der Waals surface area contributed by atoms with E-state index in [-0.39, 0.29) is 11.9 Å². The lowest BCUT2D eigenvalue weighted by molar-refractivity contribution is -0.141. The second-order valence-corrected chi connectivity index (χ2v) is 3.51. The second-order valence-electron chi connectivity index (χ2n) is 3.51. The molecule has 5 heteroatoms. The lowest BCUT2D eigenvalue weighted by Crippen LogP contribution is -2.35. The molecule has 2 N–H and O–H groups in total. The highest BCUT2D eigenvalue weighted by atomic mass is 16.4. The van der Waals surface area contributed by atoms with E-state index in [0.717, 1.165) is 0 Å². The summed E-state index contributed by atoms with van der Waals surface area (Å²) in [5.74, 6) is -1.13. The number of carboxylic acids is 1. The maximum Gasteiger partial charge on any atom is 0.316 e. The number of carbonyl (C=O) groups excluding carboxylic acids is 1.